The number of aliphatic imine (C=N–C) groups is 1. The van der Waals surface area contributed by atoms with Crippen molar-refractivity contribution in [2.45, 2.75) is 143 Å². The van der Waals surface area contributed by atoms with E-state index in [1.165, 1.54) is 77.0 Å². The van der Waals surface area contributed by atoms with Crippen molar-refractivity contribution in [1.82, 2.24) is 15.4 Å². The molecule has 0 fully saturated rings. The Morgan fingerprint density at radius 2 is 1.23 bits per heavy atom. The second kappa shape index (κ2) is 17.6. The summed E-state index contributed by atoms with van der Waals surface area (Å²) >= 11 is 3.67. The van der Waals surface area contributed by atoms with Crippen molar-refractivity contribution in [2.75, 3.05) is 11.5 Å². The zero-order valence-electron chi connectivity index (χ0n) is 26.8. The van der Waals surface area contributed by atoms with Crippen LogP contribution in [-0.2, 0) is 10.8 Å². The predicted octanol–water partition coefficient (Wildman–Crippen LogP) is 10.3. The Bertz CT molecular complexity index is 912. The molecule has 0 unspecified atom stereocenters. The van der Waals surface area contributed by atoms with E-state index in [0.717, 1.165) is 39.2 Å². The van der Waals surface area contributed by atoms with Gasteiger partial charge in [-0.1, -0.05) is 124 Å². The van der Waals surface area contributed by atoms with E-state index in [4.69, 9.17) is 4.99 Å². The van der Waals surface area contributed by atoms with Crippen molar-refractivity contribution in [1.29, 1.82) is 0 Å². The quantitative estimate of drug-likeness (QED) is 0.124. The van der Waals surface area contributed by atoms with Crippen LogP contribution in [0.15, 0.2) is 28.2 Å². The van der Waals surface area contributed by atoms with Gasteiger partial charge in [-0.05, 0) is 53.5 Å². The molecule has 0 saturated heterocycles. The average molecular weight is 591 g/mol. The lowest BCUT2D eigenvalue weighted by atomic mass is 9.79. The normalized spacial score (nSPS) is 15.7. The van der Waals surface area contributed by atoms with E-state index < -0.39 is 0 Å². The monoisotopic (exact) mass is 590 g/mol. The standard InChI is InChI=1S/C33H58N4OS2/c1-9-11-13-15-17-19-21-39-30-25-29(35-37(36-30)40-22-20-18-16-14-12-10-2)34-26-23-27(32(3,4)5)31(38)28(24-26)33(6,7)8/h23-25,36,38H,9-22H2,1-8H3,(H,34,35). The molecule has 0 atom stereocenters. The van der Waals surface area contributed by atoms with Gasteiger partial charge in [0.2, 0.25) is 0 Å². The molecule has 228 valence electrons. The van der Waals surface area contributed by atoms with Gasteiger partial charge in [0, 0.05) is 23.0 Å². The average Bonchev–Trinajstić information content (AvgIpc) is 2.87. The Hall–Kier alpha value is -1.31. The van der Waals surface area contributed by atoms with Gasteiger partial charge in [0.25, 0.3) is 0 Å². The second-order valence-corrected chi connectivity index (χ2v) is 15.3. The van der Waals surface area contributed by atoms with E-state index in [1.54, 1.807) is 11.9 Å². The molecule has 0 spiro atoms. The van der Waals surface area contributed by atoms with Crippen molar-refractivity contribution in [2.24, 2.45) is 4.99 Å². The first kappa shape index (κ1) is 34.9. The SMILES string of the molecule is CCCCCCCCSC1=CC(=Nc2cc(C(C)(C)C)c(O)c(C(C)(C)C)c2)NN(SCCCCCCCC)N1. The second-order valence-electron chi connectivity index (χ2n) is 13.1. The molecule has 2 rings (SSSR count). The minimum atomic E-state index is -0.186. The molecule has 0 aliphatic carbocycles. The first-order valence-electron chi connectivity index (χ1n) is 15.7. The third-order valence-electron chi connectivity index (χ3n) is 7.13. The summed E-state index contributed by atoms with van der Waals surface area (Å²) in [6.45, 7) is 17.4. The highest BCUT2D eigenvalue weighted by Crippen LogP contribution is 2.41. The molecular formula is C33H58N4OS2. The van der Waals surface area contributed by atoms with Gasteiger partial charge in [-0.2, -0.15) is 0 Å². The van der Waals surface area contributed by atoms with Crippen LogP contribution in [-0.4, -0.2) is 27.0 Å². The van der Waals surface area contributed by atoms with E-state index in [2.05, 4.69) is 72.3 Å². The maximum absolute atomic E-state index is 11.2. The number of nitrogens with one attached hydrogen (secondary N) is 2. The van der Waals surface area contributed by atoms with E-state index in [1.807, 2.05) is 28.4 Å². The summed E-state index contributed by atoms with van der Waals surface area (Å²) < 4.78 is 2.03. The third kappa shape index (κ3) is 12.7. The number of amidine groups is 1. The molecule has 5 nitrogen and oxygen atoms in total. The molecule has 1 aromatic rings. The Kier molecular flexibility index (Phi) is 15.4. The van der Waals surface area contributed by atoms with Gasteiger partial charge in [0.05, 0.1) is 10.7 Å². The molecule has 1 aliphatic rings. The first-order valence-corrected chi connectivity index (χ1v) is 17.7. The number of benzene rings is 1. The Morgan fingerprint density at radius 1 is 0.725 bits per heavy atom. The van der Waals surface area contributed by atoms with Crippen molar-refractivity contribution in [3.05, 3.63) is 34.4 Å². The van der Waals surface area contributed by atoms with E-state index in [-0.39, 0.29) is 10.8 Å². The number of thioether (sulfide) groups is 1. The summed E-state index contributed by atoms with van der Waals surface area (Å²) in [4.78, 5) is 5.07. The molecule has 0 radical (unpaired) electrons. The number of hydrogen-bond acceptors (Lipinski definition) is 6. The Morgan fingerprint density at radius 3 is 1.75 bits per heavy atom. The highest BCUT2D eigenvalue weighted by atomic mass is 32.2. The minimum Gasteiger partial charge on any atom is -0.507 e. The molecule has 0 saturated carbocycles. The number of aromatic hydroxyl groups is 1. The van der Waals surface area contributed by atoms with Crippen LogP contribution in [0.5, 0.6) is 5.75 Å². The maximum Gasteiger partial charge on any atom is 0.145 e. The largest absolute Gasteiger partial charge is 0.507 e. The Labute approximate surface area is 254 Å². The molecule has 1 aromatic carbocycles. The van der Waals surface area contributed by atoms with Crippen LogP contribution in [0.25, 0.3) is 0 Å². The van der Waals surface area contributed by atoms with Crippen LogP contribution in [0, 0.1) is 0 Å². The van der Waals surface area contributed by atoms with Gasteiger partial charge >= 0.3 is 0 Å². The zero-order valence-corrected chi connectivity index (χ0v) is 28.4. The molecule has 3 N–H and O–H groups in total. The van der Waals surface area contributed by atoms with Crippen LogP contribution in [0.3, 0.4) is 0 Å². The zero-order chi connectivity index (χ0) is 29.6. The summed E-state index contributed by atoms with van der Waals surface area (Å²) in [5, 5.41) is 12.3. The number of phenolic OH excluding ortho intramolecular Hbond substituents is 1. The number of hydrazine groups is 2. The highest BCUT2D eigenvalue weighted by molar-refractivity contribution is 8.03. The minimum absolute atomic E-state index is 0.186. The topological polar surface area (TPSA) is 59.9 Å². The third-order valence-corrected chi connectivity index (χ3v) is 9.05. The lowest BCUT2D eigenvalue weighted by molar-refractivity contribution is 0.355. The van der Waals surface area contributed by atoms with Gasteiger partial charge in [-0.25, -0.2) is 4.99 Å². The van der Waals surface area contributed by atoms with Crippen molar-refractivity contribution in [3.8, 4) is 5.75 Å². The van der Waals surface area contributed by atoms with E-state index in [9.17, 15) is 5.11 Å². The van der Waals surface area contributed by atoms with Crippen LogP contribution < -0.4 is 10.9 Å². The summed E-state index contributed by atoms with van der Waals surface area (Å²) in [7, 11) is 0. The number of phenols is 1. The molecule has 0 bridgehead atoms. The van der Waals surface area contributed by atoms with Crippen LogP contribution in [0.4, 0.5) is 5.69 Å². The molecule has 1 aliphatic heterocycles. The fourth-order valence-corrected chi connectivity index (χ4v) is 6.50. The first-order chi connectivity index (χ1) is 19.0. The van der Waals surface area contributed by atoms with Gasteiger partial charge < -0.3 is 5.11 Å². The predicted molar refractivity (Wildman–Crippen MR) is 180 cm³/mol. The summed E-state index contributed by atoms with van der Waals surface area (Å²) in [6, 6.07) is 4.10. The lowest BCUT2D eigenvalue weighted by Gasteiger charge is -2.30. The fraction of sp³-hybridized carbons (Fsp3) is 0.727. The van der Waals surface area contributed by atoms with E-state index in [0.29, 0.717) is 5.75 Å². The summed E-state index contributed by atoms with van der Waals surface area (Å²) in [5.41, 5.74) is 9.41. The van der Waals surface area contributed by atoms with Crippen LogP contribution >= 0.6 is 23.7 Å². The maximum atomic E-state index is 11.2. The molecule has 0 aromatic heterocycles. The van der Waals surface area contributed by atoms with Crippen molar-refractivity contribution >= 4 is 35.2 Å². The lowest BCUT2D eigenvalue weighted by Crippen LogP contribution is -2.48. The molecule has 0 amide bonds. The fourth-order valence-electron chi connectivity index (χ4n) is 4.69. The Balaban J connectivity index is 2.20. The van der Waals surface area contributed by atoms with Gasteiger partial charge in [-0.3, -0.25) is 10.9 Å². The van der Waals surface area contributed by atoms with Crippen LogP contribution in [0.1, 0.15) is 144 Å². The van der Waals surface area contributed by atoms with Gasteiger partial charge in [0.15, 0.2) is 0 Å². The van der Waals surface area contributed by atoms with Crippen molar-refractivity contribution in [3.63, 3.8) is 0 Å². The highest BCUT2D eigenvalue weighted by Gasteiger charge is 2.27. The van der Waals surface area contributed by atoms with E-state index >= 15 is 0 Å². The number of nitrogens with zero attached hydrogens (tertiary/aromatic N) is 2. The molecular weight excluding hydrogens is 533 g/mol. The van der Waals surface area contributed by atoms with Crippen LogP contribution in [0.2, 0.25) is 0 Å². The molecule has 1 heterocycles. The number of unbranched alkanes of at least 4 members (excludes halogenated alkanes) is 10. The summed E-state index contributed by atoms with van der Waals surface area (Å²) in [5.74, 6) is 3.39. The number of hydrogen-bond donors (Lipinski definition) is 3. The smallest absolute Gasteiger partial charge is 0.145 e. The number of rotatable bonds is 17. The van der Waals surface area contributed by atoms with Gasteiger partial charge in [-0.15, -0.1) is 11.8 Å². The summed E-state index contributed by atoms with van der Waals surface area (Å²) in [6.07, 6.45) is 17.8. The van der Waals surface area contributed by atoms with Crippen molar-refractivity contribution < 1.29 is 5.11 Å². The molecule has 40 heavy (non-hydrogen) atoms. The molecule has 7 heteroatoms. The van der Waals surface area contributed by atoms with Gasteiger partial charge in [0.1, 0.15) is 11.6 Å².